The molecule has 2 aliphatic heterocycles. The van der Waals surface area contributed by atoms with Crippen LogP contribution in [0.1, 0.15) is 26.2 Å². The molecule has 3 unspecified atom stereocenters. The lowest BCUT2D eigenvalue weighted by atomic mass is 9.89. The Bertz CT molecular complexity index is 198. The van der Waals surface area contributed by atoms with Gasteiger partial charge >= 0.3 is 0 Å². The standard InChI is InChI=1S/C12H24N2O/c1-3-14(6-7-15-2)9-10-8-11-4-5-12(10)13-11/h10-13H,3-9H2,1-2H3. The molecular formula is C12H24N2O. The molecular weight excluding hydrogens is 188 g/mol. The van der Waals surface area contributed by atoms with Crippen LogP contribution in [-0.4, -0.2) is 50.3 Å². The Balaban J connectivity index is 1.74. The van der Waals surface area contributed by atoms with Gasteiger partial charge in [-0.15, -0.1) is 0 Å². The first-order chi connectivity index (χ1) is 7.33. The van der Waals surface area contributed by atoms with Crippen molar-refractivity contribution < 1.29 is 4.74 Å². The van der Waals surface area contributed by atoms with Gasteiger partial charge in [-0.3, -0.25) is 0 Å². The van der Waals surface area contributed by atoms with Crippen LogP contribution in [0, 0.1) is 5.92 Å². The van der Waals surface area contributed by atoms with Crippen molar-refractivity contribution in [1.29, 1.82) is 0 Å². The molecule has 0 saturated carbocycles. The molecule has 0 aliphatic carbocycles. The summed E-state index contributed by atoms with van der Waals surface area (Å²) in [5, 5.41) is 3.71. The Morgan fingerprint density at radius 3 is 2.80 bits per heavy atom. The Labute approximate surface area is 93.2 Å². The molecule has 1 N–H and O–H groups in total. The van der Waals surface area contributed by atoms with Gasteiger partial charge in [-0.2, -0.15) is 0 Å². The molecule has 0 radical (unpaired) electrons. The number of fused-ring (bicyclic) bond motifs is 2. The Morgan fingerprint density at radius 2 is 2.27 bits per heavy atom. The minimum atomic E-state index is 0.812. The van der Waals surface area contributed by atoms with E-state index in [1.807, 2.05) is 0 Å². The number of likely N-dealkylation sites (N-methyl/N-ethyl adjacent to an activating group) is 1. The van der Waals surface area contributed by atoms with Crippen LogP contribution < -0.4 is 5.32 Å². The maximum absolute atomic E-state index is 5.14. The predicted molar refractivity (Wildman–Crippen MR) is 62.0 cm³/mol. The van der Waals surface area contributed by atoms with Gasteiger partial charge < -0.3 is 15.0 Å². The van der Waals surface area contributed by atoms with Crippen LogP contribution in [0.3, 0.4) is 0 Å². The van der Waals surface area contributed by atoms with Crippen molar-refractivity contribution in [3.8, 4) is 0 Å². The molecule has 0 aromatic heterocycles. The lowest BCUT2D eigenvalue weighted by Crippen LogP contribution is -2.36. The highest BCUT2D eigenvalue weighted by atomic mass is 16.5. The number of rotatable bonds is 6. The fraction of sp³-hybridized carbons (Fsp3) is 1.00. The molecule has 3 nitrogen and oxygen atoms in total. The van der Waals surface area contributed by atoms with E-state index in [9.17, 15) is 0 Å². The second-order valence-corrected chi connectivity index (χ2v) is 4.93. The highest BCUT2D eigenvalue weighted by molar-refractivity contribution is 4.98. The van der Waals surface area contributed by atoms with Crippen LogP contribution in [0.15, 0.2) is 0 Å². The highest BCUT2D eigenvalue weighted by Crippen LogP contribution is 2.33. The van der Waals surface area contributed by atoms with E-state index in [0.717, 1.165) is 37.7 Å². The third kappa shape index (κ3) is 2.71. The molecule has 2 saturated heterocycles. The van der Waals surface area contributed by atoms with Crippen molar-refractivity contribution in [3.05, 3.63) is 0 Å². The third-order valence-electron chi connectivity index (χ3n) is 3.98. The molecule has 2 fully saturated rings. The molecule has 2 aliphatic rings. The van der Waals surface area contributed by atoms with Gasteiger partial charge in [0.25, 0.3) is 0 Å². The molecule has 88 valence electrons. The number of nitrogens with zero attached hydrogens (tertiary/aromatic N) is 1. The molecule has 3 atom stereocenters. The van der Waals surface area contributed by atoms with Crippen molar-refractivity contribution in [3.63, 3.8) is 0 Å². The average Bonchev–Trinajstić information content (AvgIpc) is 2.85. The minimum absolute atomic E-state index is 0.812. The Morgan fingerprint density at radius 1 is 1.40 bits per heavy atom. The second-order valence-electron chi connectivity index (χ2n) is 4.93. The summed E-state index contributed by atoms with van der Waals surface area (Å²) in [6.45, 7) is 6.60. The molecule has 2 heterocycles. The van der Waals surface area contributed by atoms with Gasteiger partial charge in [-0.05, 0) is 31.7 Å². The van der Waals surface area contributed by atoms with Crippen molar-refractivity contribution >= 4 is 0 Å². The van der Waals surface area contributed by atoms with Gasteiger partial charge in [0.15, 0.2) is 0 Å². The van der Waals surface area contributed by atoms with Crippen LogP contribution in [0.4, 0.5) is 0 Å². The Hall–Kier alpha value is -0.120. The summed E-state index contributed by atoms with van der Waals surface area (Å²) in [4.78, 5) is 2.52. The lowest BCUT2D eigenvalue weighted by molar-refractivity contribution is 0.135. The van der Waals surface area contributed by atoms with E-state index in [0.29, 0.717) is 0 Å². The molecule has 3 heteroatoms. The number of nitrogens with one attached hydrogen (secondary N) is 1. The predicted octanol–water partition coefficient (Wildman–Crippen LogP) is 1.10. The number of hydrogen-bond acceptors (Lipinski definition) is 3. The first-order valence-electron chi connectivity index (χ1n) is 6.30. The molecule has 2 rings (SSSR count). The molecule has 0 spiro atoms. The van der Waals surface area contributed by atoms with Gasteiger partial charge in [0.2, 0.25) is 0 Å². The van der Waals surface area contributed by atoms with Crippen molar-refractivity contribution in [2.24, 2.45) is 5.92 Å². The summed E-state index contributed by atoms with van der Waals surface area (Å²) in [5.74, 6) is 0.889. The van der Waals surface area contributed by atoms with Gasteiger partial charge in [0.05, 0.1) is 6.61 Å². The van der Waals surface area contributed by atoms with E-state index in [2.05, 4.69) is 17.1 Å². The van der Waals surface area contributed by atoms with E-state index >= 15 is 0 Å². The summed E-state index contributed by atoms with van der Waals surface area (Å²) < 4.78 is 5.14. The number of methoxy groups -OCH3 is 1. The van der Waals surface area contributed by atoms with Gasteiger partial charge in [-0.1, -0.05) is 6.92 Å². The van der Waals surface area contributed by atoms with Crippen LogP contribution in [0.25, 0.3) is 0 Å². The summed E-state index contributed by atoms with van der Waals surface area (Å²) in [6, 6.07) is 1.65. The fourth-order valence-electron chi connectivity index (χ4n) is 3.07. The number of hydrogen-bond donors (Lipinski definition) is 1. The molecule has 0 aromatic rings. The van der Waals surface area contributed by atoms with E-state index in [-0.39, 0.29) is 0 Å². The second kappa shape index (κ2) is 5.28. The normalized spacial score (nSPS) is 34.2. The summed E-state index contributed by atoms with van der Waals surface area (Å²) >= 11 is 0. The fourth-order valence-corrected chi connectivity index (χ4v) is 3.07. The third-order valence-corrected chi connectivity index (χ3v) is 3.98. The zero-order valence-corrected chi connectivity index (χ0v) is 10.0. The van der Waals surface area contributed by atoms with Gasteiger partial charge in [0, 0.05) is 32.3 Å². The SMILES string of the molecule is CCN(CCOC)CC1CC2CCC1N2. The van der Waals surface area contributed by atoms with E-state index < -0.39 is 0 Å². The maximum Gasteiger partial charge on any atom is 0.0589 e. The molecule has 0 aromatic carbocycles. The maximum atomic E-state index is 5.14. The highest BCUT2D eigenvalue weighted by Gasteiger charge is 2.39. The van der Waals surface area contributed by atoms with Gasteiger partial charge in [0.1, 0.15) is 0 Å². The van der Waals surface area contributed by atoms with Crippen LogP contribution in [-0.2, 0) is 4.74 Å². The summed E-state index contributed by atoms with van der Waals surface area (Å²) in [7, 11) is 1.78. The molecule has 0 amide bonds. The van der Waals surface area contributed by atoms with Crippen molar-refractivity contribution in [2.75, 3.05) is 33.4 Å². The first-order valence-corrected chi connectivity index (χ1v) is 6.30. The lowest BCUT2D eigenvalue weighted by Gasteiger charge is -2.28. The van der Waals surface area contributed by atoms with Crippen LogP contribution >= 0.6 is 0 Å². The van der Waals surface area contributed by atoms with E-state index in [4.69, 9.17) is 4.74 Å². The van der Waals surface area contributed by atoms with Gasteiger partial charge in [-0.25, -0.2) is 0 Å². The summed E-state index contributed by atoms with van der Waals surface area (Å²) in [5.41, 5.74) is 0. The monoisotopic (exact) mass is 212 g/mol. The topological polar surface area (TPSA) is 24.5 Å². The zero-order valence-electron chi connectivity index (χ0n) is 10.0. The van der Waals surface area contributed by atoms with Crippen molar-refractivity contribution in [2.45, 2.75) is 38.3 Å². The van der Waals surface area contributed by atoms with Crippen LogP contribution in [0.2, 0.25) is 0 Å². The molecule has 2 bridgehead atoms. The smallest absolute Gasteiger partial charge is 0.0589 e. The largest absolute Gasteiger partial charge is 0.383 e. The average molecular weight is 212 g/mol. The van der Waals surface area contributed by atoms with E-state index in [1.54, 1.807) is 7.11 Å². The zero-order chi connectivity index (χ0) is 10.7. The van der Waals surface area contributed by atoms with E-state index in [1.165, 1.54) is 25.8 Å². The quantitative estimate of drug-likeness (QED) is 0.713. The first kappa shape index (κ1) is 11.4. The Kier molecular flexibility index (Phi) is 4.00. The van der Waals surface area contributed by atoms with Crippen LogP contribution in [0.5, 0.6) is 0 Å². The summed E-state index contributed by atoms with van der Waals surface area (Å²) in [6.07, 6.45) is 4.21. The molecule has 15 heavy (non-hydrogen) atoms. The minimum Gasteiger partial charge on any atom is -0.383 e. The number of ether oxygens (including phenoxy) is 1. The van der Waals surface area contributed by atoms with Crippen molar-refractivity contribution in [1.82, 2.24) is 10.2 Å².